The number of hydrogen-bond donors (Lipinski definition) is 1. The van der Waals surface area contributed by atoms with Crippen molar-refractivity contribution in [2.24, 2.45) is 0 Å². The first kappa shape index (κ1) is 17.2. The van der Waals surface area contributed by atoms with Crippen LogP contribution < -0.4 is 4.72 Å². The second-order valence-electron chi connectivity index (χ2n) is 6.36. The predicted molar refractivity (Wildman–Crippen MR) is 109 cm³/mol. The lowest BCUT2D eigenvalue weighted by molar-refractivity contribution is 0.601. The Morgan fingerprint density at radius 3 is 2.44 bits per heavy atom. The van der Waals surface area contributed by atoms with Gasteiger partial charge < -0.3 is 0 Å². The van der Waals surface area contributed by atoms with E-state index in [1.165, 1.54) is 0 Å². The highest BCUT2D eigenvalue weighted by Gasteiger charge is 2.17. The van der Waals surface area contributed by atoms with Crippen LogP contribution in [0.25, 0.3) is 22.2 Å². The van der Waals surface area contributed by atoms with Gasteiger partial charge in [-0.15, -0.1) is 0 Å². The van der Waals surface area contributed by atoms with Crippen molar-refractivity contribution in [2.45, 2.75) is 11.8 Å². The zero-order valence-corrected chi connectivity index (χ0v) is 15.6. The standard InChI is InChI=1S/C22H18N2O2S/c1-16-7-6-9-18(15-16)27(25,26)24-22-12-5-3-10-19(22)21-14-13-17-8-2-4-11-20(17)23-21/h2-15,24H,1H3. The Bertz CT molecular complexity index is 1230. The van der Waals surface area contributed by atoms with Gasteiger partial charge in [0.15, 0.2) is 0 Å². The number of rotatable bonds is 4. The summed E-state index contributed by atoms with van der Waals surface area (Å²) < 4.78 is 28.3. The minimum atomic E-state index is -3.69. The number of benzene rings is 3. The number of para-hydroxylation sites is 2. The fourth-order valence-corrected chi connectivity index (χ4v) is 4.18. The van der Waals surface area contributed by atoms with E-state index < -0.39 is 10.0 Å². The first-order valence-corrected chi connectivity index (χ1v) is 10.1. The Kier molecular flexibility index (Phi) is 4.38. The van der Waals surface area contributed by atoms with Crippen LogP contribution in [0, 0.1) is 6.92 Å². The van der Waals surface area contributed by atoms with Crippen LogP contribution in [0.2, 0.25) is 0 Å². The number of pyridine rings is 1. The van der Waals surface area contributed by atoms with Crippen molar-refractivity contribution in [1.29, 1.82) is 0 Å². The van der Waals surface area contributed by atoms with Gasteiger partial charge in [0.05, 0.1) is 21.8 Å². The molecular weight excluding hydrogens is 356 g/mol. The molecule has 0 aliphatic heterocycles. The topological polar surface area (TPSA) is 59.1 Å². The Morgan fingerprint density at radius 1 is 0.815 bits per heavy atom. The fraction of sp³-hybridized carbons (Fsp3) is 0.0455. The van der Waals surface area contributed by atoms with E-state index in [2.05, 4.69) is 9.71 Å². The molecule has 0 amide bonds. The van der Waals surface area contributed by atoms with Gasteiger partial charge in [-0.3, -0.25) is 4.72 Å². The second kappa shape index (κ2) is 6.85. The molecule has 0 aliphatic rings. The maximum absolute atomic E-state index is 12.8. The van der Waals surface area contributed by atoms with Crippen LogP contribution in [0.1, 0.15) is 5.56 Å². The van der Waals surface area contributed by atoms with E-state index in [1.54, 1.807) is 30.3 Å². The van der Waals surface area contributed by atoms with Gasteiger partial charge in [0.1, 0.15) is 0 Å². The van der Waals surface area contributed by atoms with E-state index in [0.717, 1.165) is 27.7 Å². The molecule has 0 bridgehead atoms. The number of anilines is 1. The van der Waals surface area contributed by atoms with Gasteiger partial charge in [0.25, 0.3) is 10.0 Å². The van der Waals surface area contributed by atoms with E-state index in [4.69, 9.17) is 0 Å². The summed E-state index contributed by atoms with van der Waals surface area (Å²) in [6, 6.07) is 25.9. The zero-order valence-electron chi connectivity index (χ0n) is 14.8. The SMILES string of the molecule is Cc1cccc(S(=O)(=O)Nc2ccccc2-c2ccc3ccccc3n2)c1. The third-order valence-corrected chi connectivity index (χ3v) is 5.71. The molecule has 1 heterocycles. The first-order chi connectivity index (χ1) is 13.0. The summed E-state index contributed by atoms with van der Waals surface area (Å²) in [6.07, 6.45) is 0. The summed E-state index contributed by atoms with van der Waals surface area (Å²) >= 11 is 0. The predicted octanol–water partition coefficient (Wildman–Crippen LogP) is 5.01. The number of fused-ring (bicyclic) bond motifs is 1. The lowest BCUT2D eigenvalue weighted by Crippen LogP contribution is -2.13. The van der Waals surface area contributed by atoms with E-state index in [9.17, 15) is 8.42 Å². The molecule has 0 unspecified atom stereocenters. The third-order valence-electron chi connectivity index (χ3n) is 4.35. The molecule has 0 fully saturated rings. The fourth-order valence-electron chi connectivity index (χ4n) is 3.00. The molecule has 0 saturated heterocycles. The number of hydrogen-bond acceptors (Lipinski definition) is 3. The molecule has 0 saturated carbocycles. The molecule has 27 heavy (non-hydrogen) atoms. The molecule has 0 spiro atoms. The molecule has 1 aromatic heterocycles. The van der Waals surface area contributed by atoms with Crippen molar-refractivity contribution in [2.75, 3.05) is 4.72 Å². The summed E-state index contributed by atoms with van der Waals surface area (Å²) in [6.45, 7) is 1.87. The normalized spacial score (nSPS) is 11.4. The molecular formula is C22H18N2O2S. The molecule has 134 valence electrons. The highest BCUT2D eigenvalue weighted by molar-refractivity contribution is 7.92. The Hall–Kier alpha value is -3.18. The quantitative estimate of drug-likeness (QED) is 0.546. The van der Waals surface area contributed by atoms with Gasteiger partial charge in [-0.05, 0) is 42.8 Å². The summed E-state index contributed by atoms with van der Waals surface area (Å²) in [4.78, 5) is 4.93. The van der Waals surface area contributed by atoms with Crippen molar-refractivity contribution in [3.05, 3.63) is 90.5 Å². The molecule has 1 N–H and O–H groups in total. The second-order valence-corrected chi connectivity index (χ2v) is 8.04. The van der Waals surface area contributed by atoms with Gasteiger partial charge in [0, 0.05) is 10.9 Å². The van der Waals surface area contributed by atoms with Crippen LogP contribution >= 0.6 is 0 Å². The lowest BCUT2D eigenvalue weighted by atomic mass is 10.1. The van der Waals surface area contributed by atoms with E-state index >= 15 is 0 Å². The highest BCUT2D eigenvalue weighted by atomic mass is 32.2. The summed E-state index contributed by atoms with van der Waals surface area (Å²) in [7, 11) is -3.69. The Labute approximate surface area is 158 Å². The molecule has 4 nitrogen and oxygen atoms in total. The minimum absolute atomic E-state index is 0.240. The molecule has 4 rings (SSSR count). The number of nitrogens with zero attached hydrogens (tertiary/aromatic N) is 1. The molecule has 5 heteroatoms. The van der Waals surface area contributed by atoms with Crippen LogP contribution in [0.4, 0.5) is 5.69 Å². The van der Waals surface area contributed by atoms with Crippen LogP contribution in [0.3, 0.4) is 0 Å². The average Bonchev–Trinajstić information content (AvgIpc) is 2.68. The minimum Gasteiger partial charge on any atom is -0.279 e. The van der Waals surface area contributed by atoms with Crippen molar-refractivity contribution in [3.63, 3.8) is 0 Å². The van der Waals surface area contributed by atoms with Gasteiger partial charge in [-0.25, -0.2) is 13.4 Å². The number of nitrogens with one attached hydrogen (secondary N) is 1. The van der Waals surface area contributed by atoms with Crippen molar-refractivity contribution in [3.8, 4) is 11.3 Å². The van der Waals surface area contributed by atoms with Crippen LogP contribution in [-0.4, -0.2) is 13.4 Å². The average molecular weight is 374 g/mol. The van der Waals surface area contributed by atoms with Gasteiger partial charge in [-0.2, -0.15) is 0 Å². The largest absolute Gasteiger partial charge is 0.279 e. The van der Waals surface area contributed by atoms with Crippen molar-refractivity contribution in [1.82, 2.24) is 4.98 Å². The van der Waals surface area contributed by atoms with Gasteiger partial charge in [0.2, 0.25) is 0 Å². The highest BCUT2D eigenvalue weighted by Crippen LogP contribution is 2.29. The Balaban J connectivity index is 1.77. The molecule has 0 aliphatic carbocycles. The number of aromatic nitrogens is 1. The van der Waals surface area contributed by atoms with Crippen LogP contribution in [0.5, 0.6) is 0 Å². The molecule has 4 aromatic rings. The maximum atomic E-state index is 12.8. The summed E-state index contributed by atoms with van der Waals surface area (Å²) in [5, 5.41) is 1.04. The van der Waals surface area contributed by atoms with Crippen LogP contribution in [0.15, 0.2) is 89.8 Å². The summed E-state index contributed by atoms with van der Waals surface area (Å²) in [5.41, 5.74) is 3.71. The number of aryl methyl sites for hydroxylation is 1. The van der Waals surface area contributed by atoms with E-state index in [-0.39, 0.29) is 4.90 Å². The van der Waals surface area contributed by atoms with Crippen LogP contribution in [-0.2, 0) is 10.0 Å². The third kappa shape index (κ3) is 3.55. The van der Waals surface area contributed by atoms with Crippen molar-refractivity contribution < 1.29 is 8.42 Å². The first-order valence-electron chi connectivity index (χ1n) is 8.58. The smallest absolute Gasteiger partial charge is 0.261 e. The van der Waals surface area contributed by atoms with Gasteiger partial charge >= 0.3 is 0 Å². The zero-order chi connectivity index (χ0) is 18.9. The molecule has 3 aromatic carbocycles. The van der Waals surface area contributed by atoms with E-state index in [1.807, 2.05) is 61.5 Å². The summed E-state index contributed by atoms with van der Waals surface area (Å²) in [5.74, 6) is 0. The monoisotopic (exact) mass is 374 g/mol. The number of sulfonamides is 1. The molecule has 0 radical (unpaired) electrons. The maximum Gasteiger partial charge on any atom is 0.261 e. The van der Waals surface area contributed by atoms with Crippen molar-refractivity contribution >= 4 is 26.6 Å². The van der Waals surface area contributed by atoms with Gasteiger partial charge in [-0.1, -0.05) is 54.6 Å². The lowest BCUT2D eigenvalue weighted by Gasteiger charge is -2.13. The molecule has 0 atom stereocenters. The Morgan fingerprint density at radius 2 is 1.59 bits per heavy atom. The van der Waals surface area contributed by atoms with E-state index in [0.29, 0.717) is 5.69 Å².